The van der Waals surface area contributed by atoms with Crippen LogP contribution in [0, 0.1) is 13.8 Å². The number of ether oxygens (including phenoxy) is 1. The highest BCUT2D eigenvalue weighted by molar-refractivity contribution is 5.94. The first-order chi connectivity index (χ1) is 19.0. The van der Waals surface area contributed by atoms with Gasteiger partial charge < -0.3 is 15.0 Å². The first-order valence-electron chi connectivity index (χ1n) is 13.8. The largest absolute Gasteiger partial charge is 0.489 e. The minimum Gasteiger partial charge on any atom is -0.489 e. The fourth-order valence-electron chi connectivity index (χ4n) is 5.16. The van der Waals surface area contributed by atoms with Crippen LogP contribution in [0.3, 0.4) is 0 Å². The van der Waals surface area contributed by atoms with Gasteiger partial charge in [-0.05, 0) is 80.3 Å². The lowest BCUT2D eigenvalue weighted by atomic mass is 9.96. The zero-order chi connectivity index (χ0) is 28.9. The molecular formula is C32H38F3N3O2. The number of rotatable bonds is 9. The van der Waals surface area contributed by atoms with E-state index < -0.39 is 11.7 Å². The Morgan fingerprint density at radius 2 is 1.55 bits per heavy atom. The summed E-state index contributed by atoms with van der Waals surface area (Å²) in [5, 5.41) is 3.45. The summed E-state index contributed by atoms with van der Waals surface area (Å²) in [4.78, 5) is 16.9. The lowest BCUT2D eigenvalue weighted by molar-refractivity contribution is -0.137. The zero-order valence-corrected chi connectivity index (χ0v) is 23.6. The van der Waals surface area contributed by atoms with E-state index in [9.17, 15) is 18.0 Å². The van der Waals surface area contributed by atoms with E-state index in [2.05, 4.69) is 56.1 Å². The van der Waals surface area contributed by atoms with Crippen LogP contribution in [-0.4, -0.2) is 54.5 Å². The van der Waals surface area contributed by atoms with Crippen molar-refractivity contribution in [1.29, 1.82) is 0 Å². The zero-order valence-electron chi connectivity index (χ0n) is 23.6. The number of hydrogen-bond acceptors (Lipinski definition) is 4. The summed E-state index contributed by atoms with van der Waals surface area (Å²) in [5.74, 6) is 0.649. The highest BCUT2D eigenvalue weighted by atomic mass is 19.4. The second kappa shape index (κ2) is 12.9. The number of amides is 1. The van der Waals surface area contributed by atoms with Gasteiger partial charge in [0.1, 0.15) is 11.9 Å². The maximum atomic E-state index is 12.9. The van der Waals surface area contributed by atoms with Crippen molar-refractivity contribution in [2.75, 3.05) is 32.7 Å². The molecule has 1 amide bonds. The lowest BCUT2D eigenvalue weighted by Gasteiger charge is -2.39. The summed E-state index contributed by atoms with van der Waals surface area (Å²) in [5.41, 5.74) is 4.31. The molecule has 4 rings (SSSR count). The number of hydrogen-bond donors (Lipinski definition) is 1. The summed E-state index contributed by atoms with van der Waals surface area (Å²) in [7, 11) is 0. The summed E-state index contributed by atoms with van der Waals surface area (Å²) < 4.78 is 44.8. The van der Waals surface area contributed by atoms with Gasteiger partial charge in [0.25, 0.3) is 5.91 Å². The van der Waals surface area contributed by atoms with Crippen molar-refractivity contribution < 1.29 is 22.7 Å². The van der Waals surface area contributed by atoms with Crippen molar-refractivity contribution in [1.82, 2.24) is 15.1 Å². The van der Waals surface area contributed by atoms with Gasteiger partial charge in [0.2, 0.25) is 0 Å². The summed E-state index contributed by atoms with van der Waals surface area (Å²) in [6.07, 6.45) is -4.40. The average molecular weight is 554 g/mol. The van der Waals surface area contributed by atoms with E-state index in [0.29, 0.717) is 26.2 Å². The third-order valence-electron chi connectivity index (χ3n) is 7.77. The van der Waals surface area contributed by atoms with Gasteiger partial charge >= 0.3 is 6.18 Å². The Labute approximate surface area is 234 Å². The number of nitrogens with one attached hydrogen (secondary N) is 1. The van der Waals surface area contributed by atoms with Crippen LogP contribution >= 0.6 is 0 Å². The van der Waals surface area contributed by atoms with Crippen LogP contribution in [-0.2, 0) is 12.7 Å². The quantitative estimate of drug-likeness (QED) is 0.333. The molecule has 3 aromatic carbocycles. The topological polar surface area (TPSA) is 44.8 Å². The number of carbonyl (C=O) groups is 1. The van der Waals surface area contributed by atoms with Crippen molar-refractivity contribution in [2.45, 2.75) is 52.6 Å². The van der Waals surface area contributed by atoms with Crippen molar-refractivity contribution in [2.24, 2.45) is 0 Å². The fourth-order valence-corrected chi connectivity index (χ4v) is 5.16. The predicted molar refractivity (Wildman–Crippen MR) is 151 cm³/mol. The minimum atomic E-state index is -4.41. The van der Waals surface area contributed by atoms with Gasteiger partial charge in [0.15, 0.2) is 0 Å². The molecule has 214 valence electrons. The molecule has 0 bridgehead atoms. The van der Waals surface area contributed by atoms with Crippen molar-refractivity contribution in [3.8, 4) is 5.75 Å². The molecule has 1 N–H and O–H groups in total. The molecule has 2 atom stereocenters. The van der Waals surface area contributed by atoms with Crippen LogP contribution in [0.25, 0.3) is 0 Å². The standard InChI is InChI=1S/C32H38F3N3O2/c1-22(20-36-21-26-8-6-5-7-9-26)40-30-15-14-29(23(2)24(30)3)25(4)37-16-18-38(19-17-37)31(39)27-10-12-28(13-11-27)32(33,34)35/h5-15,22,25,36H,16-21H2,1-4H3. The van der Waals surface area contributed by atoms with E-state index >= 15 is 0 Å². The third-order valence-corrected chi connectivity index (χ3v) is 7.77. The van der Waals surface area contributed by atoms with Gasteiger partial charge in [-0.2, -0.15) is 13.2 Å². The monoisotopic (exact) mass is 553 g/mol. The Bertz CT molecular complexity index is 1270. The molecule has 1 heterocycles. The lowest BCUT2D eigenvalue weighted by Crippen LogP contribution is -2.49. The van der Waals surface area contributed by atoms with Crippen LogP contribution in [0.15, 0.2) is 66.7 Å². The van der Waals surface area contributed by atoms with E-state index in [0.717, 1.165) is 36.5 Å². The molecule has 1 aliphatic heterocycles. The Hall–Kier alpha value is -3.36. The van der Waals surface area contributed by atoms with Gasteiger partial charge in [-0.15, -0.1) is 0 Å². The normalized spacial score (nSPS) is 16.0. The van der Waals surface area contributed by atoms with Crippen LogP contribution < -0.4 is 10.1 Å². The SMILES string of the molecule is Cc1c(OC(C)CNCc2ccccc2)ccc(C(C)N2CCN(C(=O)c3ccc(C(F)(F)F)cc3)CC2)c1C. The van der Waals surface area contributed by atoms with E-state index in [1.807, 2.05) is 24.3 Å². The maximum absolute atomic E-state index is 12.9. The summed E-state index contributed by atoms with van der Waals surface area (Å²) in [6, 6.07) is 19.1. The Balaban J connectivity index is 1.30. The molecule has 40 heavy (non-hydrogen) atoms. The van der Waals surface area contributed by atoms with Crippen LogP contribution in [0.1, 0.15) is 58.1 Å². The highest BCUT2D eigenvalue weighted by Crippen LogP contribution is 2.32. The molecular weight excluding hydrogens is 515 g/mol. The molecule has 1 fully saturated rings. The first-order valence-corrected chi connectivity index (χ1v) is 13.8. The molecule has 8 heteroatoms. The smallest absolute Gasteiger partial charge is 0.416 e. The number of carbonyl (C=O) groups excluding carboxylic acids is 1. The second-order valence-electron chi connectivity index (χ2n) is 10.5. The van der Waals surface area contributed by atoms with Crippen LogP contribution in [0.5, 0.6) is 5.75 Å². The van der Waals surface area contributed by atoms with Gasteiger partial charge in [0, 0.05) is 50.9 Å². The number of halogens is 3. The first kappa shape index (κ1) is 29.6. The molecule has 0 spiro atoms. The molecule has 0 aliphatic carbocycles. The van der Waals surface area contributed by atoms with Crippen molar-refractivity contribution >= 4 is 5.91 Å². The molecule has 0 saturated carbocycles. The number of piperazine rings is 1. The molecule has 1 saturated heterocycles. The Kier molecular flexibility index (Phi) is 9.53. The van der Waals surface area contributed by atoms with Crippen LogP contribution in [0.2, 0.25) is 0 Å². The average Bonchev–Trinajstić information content (AvgIpc) is 2.95. The third kappa shape index (κ3) is 7.23. The number of benzene rings is 3. The number of nitrogens with zero attached hydrogens (tertiary/aromatic N) is 2. The van der Waals surface area contributed by atoms with Crippen LogP contribution in [0.4, 0.5) is 13.2 Å². The number of alkyl halides is 3. The molecule has 0 radical (unpaired) electrons. The molecule has 1 aliphatic rings. The maximum Gasteiger partial charge on any atom is 0.416 e. The van der Waals surface area contributed by atoms with Gasteiger partial charge in [0.05, 0.1) is 5.56 Å². The molecule has 0 aromatic heterocycles. The molecule has 5 nitrogen and oxygen atoms in total. The summed E-state index contributed by atoms with van der Waals surface area (Å²) in [6.45, 7) is 12.4. The van der Waals surface area contributed by atoms with E-state index in [1.54, 1.807) is 4.90 Å². The minimum absolute atomic E-state index is 0.0142. The molecule has 3 aromatic rings. The van der Waals surface area contributed by atoms with Gasteiger partial charge in [-0.25, -0.2) is 0 Å². The van der Waals surface area contributed by atoms with Crippen molar-refractivity contribution in [3.63, 3.8) is 0 Å². The predicted octanol–water partition coefficient (Wildman–Crippen LogP) is 6.40. The molecule has 2 unspecified atom stereocenters. The fraction of sp³-hybridized carbons (Fsp3) is 0.406. The van der Waals surface area contributed by atoms with Gasteiger partial charge in [-0.3, -0.25) is 9.69 Å². The van der Waals surface area contributed by atoms with E-state index in [4.69, 9.17) is 4.74 Å². The highest BCUT2D eigenvalue weighted by Gasteiger charge is 2.31. The van der Waals surface area contributed by atoms with Crippen molar-refractivity contribution in [3.05, 3.63) is 100 Å². The second-order valence-corrected chi connectivity index (χ2v) is 10.5. The Morgan fingerprint density at radius 3 is 2.17 bits per heavy atom. The van der Waals surface area contributed by atoms with E-state index in [-0.39, 0.29) is 23.6 Å². The summed E-state index contributed by atoms with van der Waals surface area (Å²) >= 11 is 0. The Morgan fingerprint density at radius 1 is 0.900 bits per heavy atom. The van der Waals surface area contributed by atoms with Gasteiger partial charge in [-0.1, -0.05) is 36.4 Å². The van der Waals surface area contributed by atoms with E-state index in [1.165, 1.54) is 28.8 Å².